The molecule has 0 saturated carbocycles. The first-order valence-corrected chi connectivity index (χ1v) is 5.89. The van der Waals surface area contributed by atoms with Gasteiger partial charge in [0.05, 0.1) is 5.69 Å². The molecule has 92 valence electrons. The third kappa shape index (κ3) is 1.78. The zero-order chi connectivity index (χ0) is 12.5. The number of hydrogen-bond donors (Lipinski definition) is 2. The van der Waals surface area contributed by atoms with Crippen LogP contribution in [0.2, 0.25) is 0 Å². The van der Waals surface area contributed by atoms with Crippen molar-refractivity contribution in [2.45, 2.75) is 13.3 Å². The van der Waals surface area contributed by atoms with E-state index in [2.05, 4.69) is 34.2 Å². The predicted octanol–water partition coefficient (Wildman–Crippen LogP) is 2.03. The molecule has 0 saturated heterocycles. The van der Waals surface area contributed by atoms with Gasteiger partial charge in [0.1, 0.15) is 0 Å². The molecule has 1 aromatic carbocycles. The molecule has 0 unspecified atom stereocenters. The maximum atomic E-state index is 5.45. The summed E-state index contributed by atoms with van der Waals surface area (Å²) < 4.78 is 5.12. The average Bonchev–Trinajstić information content (AvgIpc) is 2.96. The highest BCUT2D eigenvalue weighted by Crippen LogP contribution is 2.24. The van der Waals surface area contributed by atoms with Crippen molar-refractivity contribution in [3.63, 3.8) is 0 Å². The summed E-state index contributed by atoms with van der Waals surface area (Å²) in [6.45, 7) is 2.58. The molecular formula is C13H14N4O. The van der Waals surface area contributed by atoms with E-state index >= 15 is 0 Å². The molecule has 0 radical (unpaired) electrons. The Morgan fingerprint density at radius 2 is 2.28 bits per heavy atom. The minimum Gasteiger partial charge on any atom is -0.352 e. The lowest BCUT2D eigenvalue weighted by molar-refractivity contribution is 0.380. The Balaban J connectivity index is 2.05. The highest BCUT2D eigenvalue weighted by Gasteiger charge is 2.11. The van der Waals surface area contributed by atoms with Gasteiger partial charge in [0.2, 0.25) is 11.7 Å². The number of benzene rings is 1. The summed E-state index contributed by atoms with van der Waals surface area (Å²) >= 11 is 0. The Kier molecular flexibility index (Phi) is 2.60. The van der Waals surface area contributed by atoms with Crippen molar-refractivity contribution in [2.24, 2.45) is 5.73 Å². The van der Waals surface area contributed by atoms with Gasteiger partial charge in [-0.3, -0.25) is 0 Å². The van der Waals surface area contributed by atoms with Crippen LogP contribution in [0.1, 0.15) is 11.5 Å². The van der Waals surface area contributed by atoms with Crippen LogP contribution in [0.15, 0.2) is 28.8 Å². The third-order valence-electron chi connectivity index (χ3n) is 2.93. The van der Waals surface area contributed by atoms with Gasteiger partial charge in [-0.05, 0) is 18.6 Å². The number of nitrogens with two attached hydrogens (primary N) is 1. The Morgan fingerprint density at radius 1 is 1.39 bits per heavy atom. The summed E-state index contributed by atoms with van der Waals surface area (Å²) in [5.41, 5.74) is 8.63. The smallest absolute Gasteiger partial charge is 0.228 e. The molecule has 2 heterocycles. The quantitative estimate of drug-likeness (QED) is 0.736. The van der Waals surface area contributed by atoms with E-state index in [9.17, 15) is 0 Å². The lowest BCUT2D eigenvalue weighted by atomic mass is 10.2. The van der Waals surface area contributed by atoms with Crippen LogP contribution >= 0.6 is 0 Å². The second-order valence-electron chi connectivity index (χ2n) is 4.27. The fourth-order valence-corrected chi connectivity index (χ4v) is 2.02. The second kappa shape index (κ2) is 4.27. The van der Waals surface area contributed by atoms with Gasteiger partial charge < -0.3 is 15.2 Å². The molecule has 3 N–H and O–H groups in total. The van der Waals surface area contributed by atoms with E-state index in [1.807, 2.05) is 12.1 Å². The first-order chi connectivity index (χ1) is 8.78. The first kappa shape index (κ1) is 11.0. The van der Waals surface area contributed by atoms with E-state index in [-0.39, 0.29) is 0 Å². The van der Waals surface area contributed by atoms with Crippen molar-refractivity contribution in [1.29, 1.82) is 0 Å². The van der Waals surface area contributed by atoms with Gasteiger partial charge in [-0.15, -0.1) is 0 Å². The van der Waals surface area contributed by atoms with E-state index in [0.29, 0.717) is 24.7 Å². The number of hydrogen-bond acceptors (Lipinski definition) is 4. The van der Waals surface area contributed by atoms with Gasteiger partial charge in [-0.2, -0.15) is 4.98 Å². The van der Waals surface area contributed by atoms with E-state index in [1.165, 1.54) is 5.56 Å². The zero-order valence-corrected chi connectivity index (χ0v) is 10.1. The summed E-state index contributed by atoms with van der Waals surface area (Å²) in [4.78, 5) is 7.63. The number of fused-ring (bicyclic) bond motifs is 1. The average molecular weight is 242 g/mol. The van der Waals surface area contributed by atoms with Crippen molar-refractivity contribution in [1.82, 2.24) is 15.1 Å². The number of nitrogens with zero attached hydrogens (tertiary/aromatic N) is 2. The Labute approximate surface area is 104 Å². The molecule has 0 atom stereocenters. The molecule has 0 aliphatic heterocycles. The molecule has 2 aromatic heterocycles. The standard InChI is InChI=1S/C13H14N4O/c1-8-3-2-4-9-7-10(15-12(8)9)13-16-11(5-6-14)18-17-13/h2-4,7,15H,5-6,14H2,1H3. The van der Waals surface area contributed by atoms with Crippen molar-refractivity contribution < 1.29 is 4.52 Å². The van der Waals surface area contributed by atoms with Gasteiger partial charge in [0.15, 0.2) is 0 Å². The zero-order valence-electron chi connectivity index (χ0n) is 10.1. The Hall–Kier alpha value is -2.14. The molecule has 18 heavy (non-hydrogen) atoms. The van der Waals surface area contributed by atoms with E-state index in [4.69, 9.17) is 10.3 Å². The normalized spacial score (nSPS) is 11.2. The van der Waals surface area contributed by atoms with Gasteiger partial charge in [-0.25, -0.2) is 0 Å². The van der Waals surface area contributed by atoms with Crippen LogP contribution in [-0.2, 0) is 6.42 Å². The number of H-pyrrole nitrogens is 1. The number of aryl methyl sites for hydroxylation is 1. The SMILES string of the molecule is Cc1cccc2cc(-c3noc(CCN)n3)[nH]c12. The summed E-state index contributed by atoms with van der Waals surface area (Å²) in [6.07, 6.45) is 0.603. The number of para-hydroxylation sites is 1. The topological polar surface area (TPSA) is 80.7 Å². The highest BCUT2D eigenvalue weighted by molar-refractivity contribution is 5.87. The van der Waals surface area contributed by atoms with E-state index in [0.717, 1.165) is 16.6 Å². The third-order valence-corrected chi connectivity index (χ3v) is 2.93. The maximum absolute atomic E-state index is 5.45. The number of rotatable bonds is 3. The predicted molar refractivity (Wildman–Crippen MR) is 69.1 cm³/mol. The van der Waals surface area contributed by atoms with Crippen LogP contribution in [0.25, 0.3) is 22.4 Å². The van der Waals surface area contributed by atoms with Crippen molar-refractivity contribution in [3.8, 4) is 11.5 Å². The molecule has 3 rings (SSSR count). The van der Waals surface area contributed by atoms with Crippen molar-refractivity contribution in [3.05, 3.63) is 35.7 Å². The number of aromatic nitrogens is 3. The number of aromatic amines is 1. The Morgan fingerprint density at radius 3 is 3.06 bits per heavy atom. The van der Waals surface area contributed by atoms with Crippen LogP contribution < -0.4 is 5.73 Å². The summed E-state index contributed by atoms with van der Waals surface area (Å²) in [5.74, 6) is 1.15. The van der Waals surface area contributed by atoms with Gasteiger partial charge in [-0.1, -0.05) is 23.4 Å². The fourth-order valence-electron chi connectivity index (χ4n) is 2.02. The lowest BCUT2D eigenvalue weighted by Crippen LogP contribution is -2.02. The minimum absolute atomic E-state index is 0.507. The molecular weight excluding hydrogens is 228 g/mol. The summed E-state index contributed by atoms with van der Waals surface area (Å²) in [5, 5.41) is 5.11. The van der Waals surface area contributed by atoms with Gasteiger partial charge in [0.25, 0.3) is 0 Å². The monoisotopic (exact) mass is 242 g/mol. The highest BCUT2D eigenvalue weighted by atomic mass is 16.5. The van der Waals surface area contributed by atoms with Crippen LogP contribution in [-0.4, -0.2) is 21.7 Å². The van der Waals surface area contributed by atoms with Crippen LogP contribution in [0.4, 0.5) is 0 Å². The summed E-state index contributed by atoms with van der Waals surface area (Å²) in [6, 6.07) is 8.19. The van der Waals surface area contributed by atoms with E-state index < -0.39 is 0 Å². The molecule has 0 spiro atoms. The Bertz CT molecular complexity index is 683. The number of nitrogens with one attached hydrogen (secondary N) is 1. The largest absolute Gasteiger partial charge is 0.352 e. The van der Waals surface area contributed by atoms with Crippen LogP contribution in [0, 0.1) is 6.92 Å². The van der Waals surface area contributed by atoms with Crippen LogP contribution in [0.5, 0.6) is 0 Å². The molecule has 0 bridgehead atoms. The second-order valence-corrected chi connectivity index (χ2v) is 4.27. The van der Waals surface area contributed by atoms with Gasteiger partial charge in [0, 0.05) is 23.9 Å². The maximum Gasteiger partial charge on any atom is 0.228 e. The molecule has 5 nitrogen and oxygen atoms in total. The molecule has 0 amide bonds. The first-order valence-electron chi connectivity index (χ1n) is 5.89. The van der Waals surface area contributed by atoms with Crippen molar-refractivity contribution >= 4 is 10.9 Å². The molecule has 0 aliphatic rings. The molecule has 5 heteroatoms. The molecule has 0 aliphatic carbocycles. The lowest BCUT2D eigenvalue weighted by Gasteiger charge is -1.93. The summed E-state index contributed by atoms with van der Waals surface area (Å²) in [7, 11) is 0. The van der Waals surface area contributed by atoms with E-state index in [1.54, 1.807) is 0 Å². The fraction of sp³-hybridized carbons (Fsp3) is 0.231. The van der Waals surface area contributed by atoms with Gasteiger partial charge >= 0.3 is 0 Å². The van der Waals surface area contributed by atoms with Crippen molar-refractivity contribution in [2.75, 3.05) is 6.54 Å². The molecule has 3 aromatic rings. The molecule has 0 fully saturated rings. The van der Waals surface area contributed by atoms with Crippen LogP contribution in [0.3, 0.4) is 0 Å². The minimum atomic E-state index is 0.507.